The topological polar surface area (TPSA) is 81.8 Å². The number of nitrogens with one attached hydrogen (secondary N) is 2. The summed E-state index contributed by atoms with van der Waals surface area (Å²) in [6, 6.07) is -0.829. The SMILES string of the molecule is CNC(=O)C1CNCCN1S(=O)(=O)N(C)C(C)C. The van der Waals surface area contributed by atoms with Crippen LogP contribution < -0.4 is 10.6 Å². The molecule has 0 saturated carbocycles. The second-order valence-corrected chi connectivity index (χ2v) is 6.50. The summed E-state index contributed by atoms with van der Waals surface area (Å²) in [5.41, 5.74) is 0. The van der Waals surface area contributed by atoms with E-state index < -0.39 is 16.3 Å². The Balaban J connectivity index is 3.00. The van der Waals surface area contributed by atoms with Gasteiger partial charge in [0.25, 0.3) is 10.2 Å². The highest BCUT2D eigenvalue weighted by atomic mass is 32.2. The molecule has 0 aromatic rings. The summed E-state index contributed by atoms with van der Waals surface area (Å²) in [7, 11) is -0.561. The lowest BCUT2D eigenvalue weighted by molar-refractivity contribution is -0.124. The second kappa shape index (κ2) is 5.96. The average molecular weight is 278 g/mol. The van der Waals surface area contributed by atoms with Crippen LogP contribution in [0.3, 0.4) is 0 Å². The first kappa shape index (κ1) is 15.4. The van der Waals surface area contributed by atoms with Gasteiger partial charge in [0.05, 0.1) is 0 Å². The van der Waals surface area contributed by atoms with E-state index in [2.05, 4.69) is 10.6 Å². The lowest BCUT2D eigenvalue weighted by atomic mass is 10.2. The van der Waals surface area contributed by atoms with Gasteiger partial charge in [-0.05, 0) is 13.8 Å². The molecule has 106 valence electrons. The minimum atomic E-state index is -3.60. The van der Waals surface area contributed by atoms with E-state index in [9.17, 15) is 13.2 Å². The largest absolute Gasteiger partial charge is 0.358 e. The lowest BCUT2D eigenvalue weighted by Crippen LogP contribution is -2.61. The third kappa shape index (κ3) is 3.00. The molecule has 8 heteroatoms. The maximum Gasteiger partial charge on any atom is 0.282 e. The fourth-order valence-electron chi connectivity index (χ4n) is 1.78. The Morgan fingerprint density at radius 3 is 2.61 bits per heavy atom. The van der Waals surface area contributed by atoms with Crippen LogP contribution in [-0.4, -0.2) is 68.7 Å². The molecule has 0 aliphatic carbocycles. The second-order valence-electron chi connectivity index (χ2n) is 4.56. The molecule has 0 aromatic carbocycles. The molecule has 1 heterocycles. The van der Waals surface area contributed by atoms with Crippen molar-refractivity contribution in [1.82, 2.24) is 19.2 Å². The summed E-state index contributed by atoms with van der Waals surface area (Å²) in [5.74, 6) is -0.289. The Kier molecular flexibility index (Phi) is 5.09. The summed E-state index contributed by atoms with van der Waals surface area (Å²) < 4.78 is 27.4. The number of carbonyl (C=O) groups is 1. The van der Waals surface area contributed by atoms with Crippen LogP contribution in [0.15, 0.2) is 0 Å². The molecular formula is C10H22N4O3S. The van der Waals surface area contributed by atoms with E-state index in [-0.39, 0.29) is 11.9 Å². The van der Waals surface area contributed by atoms with Crippen LogP contribution in [0.4, 0.5) is 0 Å². The normalized spacial score (nSPS) is 22.4. The van der Waals surface area contributed by atoms with Gasteiger partial charge >= 0.3 is 0 Å². The summed E-state index contributed by atoms with van der Waals surface area (Å²) in [5, 5.41) is 5.54. The molecule has 1 aliphatic rings. The number of nitrogens with zero attached hydrogens (tertiary/aromatic N) is 2. The molecule has 0 aromatic heterocycles. The van der Waals surface area contributed by atoms with Crippen LogP contribution in [0.5, 0.6) is 0 Å². The fraction of sp³-hybridized carbons (Fsp3) is 0.900. The van der Waals surface area contributed by atoms with Crippen molar-refractivity contribution in [1.29, 1.82) is 0 Å². The predicted octanol–water partition coefficient (Wildman–Crippen LogP) is -1.41. The lowest BCUT2D eigenvalue weighted by Gasteiger charge is -2.37. The van der Waals surface area contributed by atoms with Crippen molar-refractivity contribution >= 4 is 16.1 Å². The van der Waals surface area contributed by atoms with Crippen molar-refractivity contribution < 1.29 is 13.2 Å². The molecule has 1 aliphatic heterocycles. The van der Waals surface area contributed by atoms with Crippen molar-refractivity contribution in [2.24, 2.45) is 0 Å². The minimum absolute atomic E-state index is 0.143. The van der Waals surface area contributed by atoms with Crippen LogP contribution in [0.2, 0.25) is 0 Å². The van der Waals surface area contributed by atoms with Crippen LogP contribution in [0, 0.1) is 0 Å². The summed E-state index contributed by atoms with van der Waals surface area (Å²) in [6.07, 6.45) is 0. The third-order valence-corrected chi connectivity index (χ3v) is 5.31. The number of rotatable bonds is 4. The first-order valence-electron chi connectivity index (χ1n) is 5.99. The van der Waals surface area contributed by atoms with Gasteiger partial charge in [-0.2, -0.15) is 17.0 Å². The van der Waals surface area contributed by atoms with Gasteiger partial charge in [0, 0.05) is 39.8 Å². The predicted molar refractivity (Wildman–Crippen MR) is 69.2 cm³/mol. The van der Waals surface area contributed by atoms with Gasteiger partial charge in [-0.3, -0.25) is 4.79 Å². The zero-order valence-electron chi connectivity index (χ0n) is 11.3. The fourth-order valence-corrected chi connectivity index (χ4v) is 3.46. The quantitative estimate of drug-likeness (QED) is 0.662. The minimum Gasteiger partial charge on any atom is -0.358 e. The number of piperazine rings is 1. The summed E-state index contributed by atoms with van der Waals surface area (Å²) >= 11 is 0. The maximum absolute atomic E-state index is 12.4. The van der Waals surface area contributed by atoms with Crippen molar-refractivity contribution in [3.63, 3.8) is 0 Å². The average Bonchev–Trinajstić information content (AvgIpc) is 2.36. The smallest absolute Gasteiger partial charge is 0.282 e. The molecule has 1 saturated heterocycles. The number of hydrogen-bond acceptors (Lipinski definition) is 4. The molecular weight excluding hydrogens is 256 g/mol. The van der Waals surface area contributed by atoms with Crippen LogP contribution in [0.25, 0.3) is 0 Å². The Morgan fingerprint density at radius 1 is 1.50 bits per heavy atom. The molecule has 0 radical (unpaired) electrons. The van der Waals surface area contributed by atoms with Gasteiger partial charge in [-0.15, -0.1) is 0 Å². The molecule has 0 spiro atoms. The van der Waals surface area contributed by atoms with Gasteiger partial charge in [-0.25, -0.2) is 0 Å². The van der Waals surface area contributed by atoms with Crippen LogP contribution >= 0.6 is 0 Å². The van der Waals surface area contributed by atoms with E-state index >= 15 is 0 Å². The number of carbonyl (C=O) groups excluding carboxylic acids is 1. The van der Waals surface area contributed by atoms with Crippen molar-refractivity contribution in [2.75, 3.05) is 33.7 Å². The molecule has 7 nitrogen and oxygen atoms in total. The first-order chi connectivity index (χ1) is 8.32. The highest BCUT2D eigenvalue weighted by Crippen LogP contribution is 2.15. The number of amides is 1. The monoisotopic (exact) mass is 278 g/mol. The van der Waals surface area contributed by atoms with Crippen LogP contribution in [-0.2, 0) is 15.0 Å². The molecule has 0 bridgehead atoms. The first-order valence-corrected chi connectivity index (χ1v) is 7.39. The molecule has 1 rings (SSSR count). The van der Waals surface area contributed by atoms with Gasteiger partial charge in [0.1, 0.15) is 6.04 Å². The Labute approximate surface area is 109 Å². The molecule has 18 heavy (non-hydrogen) atoms. The van der Waals surface area contributed by atoms with Gasteiger partial charge in [0.15, 0.2) is 0 Å². The van der Waals surface area contributed by atoms with Crippen molar-refractivity contribution in [3.8, 4) is 0 Å². The third-order valence-electron chi connectivity index (χ3n) is 3.13. The highest BCUT2D eigenvalue weighted by Gasteiger charge is 2.39. The van der Waals surface area contributed by atoms with Gasteiger partial charge in [-0.1, -0.05) is 0 Å². The van der Waals surface area contributed by atoms with Crippen molar-refractivity contribution in [3.05, 3.63) is 0 Å². The highest BCUT2D eigenvalue weighted by molar-refractivity contribution is 7.86. The Morgan fingerprint density at radius 2 is 2.11 bits per heavy atom. The summed E-state index contributed by atoms with van der Waals surface area (Å²) in [4.78, 5) is 11.7. The van der Waals surface area contributed by atoms with Crippen molar-refractivity contribution in [2.45, 2.75) is 25.9 Å². The summed E-state index contributed by atoms with van der Waals surface area (Å²) in [6.45, 7) is 4.80. The molecule has 1 unspecified atom stereocenters. The van der Waals surface area contributed by atoms with E-state index in [1.165, 1.54) is 22.7 Å². The molecule has 1 amide bonds. The standard InChI is InChI=1S/C10H22N4O3S/c1-8(2)13(4)18(16,17)14-6-5-12-7-9(14)10(15)11-3/h8-9,12H,5-7H2,1-4H3,(H,11,15). The van der Waals surface area contributed by atoms with Gasteiger partial charge < -0.3 is 10.6 Å². The molecule has 2 N–H and O–H groups in total. The van der Waals surface area contributed by atoms with E-state index in [0.29, 0.717) is 19.6 Å². The van der Waals surface area contributed by atoms with Crippen LogP contribution in [0.1, 0.15) is 13.8 Å². The number of likely N-dealkylation sites (N-methyl/N-ethyl adjacent to an activating group) is 1. The van der Waals surface area contributed by atoms with E-state index in [1.54, 1.807) is 13.8 Å². The van der Waals surface area contributed by atoms with Gasteiger partial charge in [0.2, 0.25) is 5.91 Å². The molecule has 1 fully saturated rings. The van der Waals surface area contributed by atoms with E-state index in [1.807, 2.05) is 0 Å². The zero-order chi connectivity index (χ0) is 13.9. The Bertz CT molecular complexity index is 396. The maximum atomic E-state index is 12.4. The molecule has 1 atom stereocenters. The Hall–Kier alpha value is -0.700. The zero-order valence-corrected chi connectivity index (χ0v) is 12.1. The number of hydrogen-bond donors (Lipinski definition) is 2. The van der Waals surface area contributed by atoms with E-state index in [4.69, 9.17) is 0 Å². The van der Waals surface area contributed by atoms with E-state index in [0.717, 1.165) is 0 Å².